The summed E-state index contributed by atoms with van der Waals surface area (Å²) in [4.78, 5) is 19.3. The molecule has 5 N–H and O–H groups in total. The lowest BCUT2D eigenvalue weighted by molar-refractivity contribution is 0.249. The van der Waals surface area contributed by atoms with Gasteiger partial charge < -0.3 is 21.7 Å². The lowest BCUT2D eigenvalue weighted by Gasteiger charge is -2.13. The van der Waals surface area contributed by atoms with Gasteiger partial charge in [-0.3, -0.25) is 0 Å². The van der Waals surface area contributed by atoms with E-state index in [0.717, 1.165) is 29.4 Å². The molecule has 0 spiro atoms. The molecule has 18 heavy (non-hydrogen) atoms. The molecule has 0 unspecified atom stereocenters. The van der Waals surface area contributed by atoms with E-state index in [9.17, 15) is 4.79 Å². The molecule has 0 aliphatic carbocycles. The number of urea groups is 1. The molecule has 7 nitrogen and oxygen atoms in total. The van der Waals surface area contributed by atoms with Crippen molar-refractivity contribution in [2.45, 2.75) is 20.3 Å². The Morgan fingerprint density at radius 1 is 1.28 bits per heavy atom. The van der Waals surface area contributed by atoms with Crippen molar-refractivity contribution in [3.63, 3.8) is 0 Å². The Balaban J connectivity index is 2.71. The molecule has 0 saturated heterocycles. The van der Waals surface area contributed by atoms with Crippen LogP contribution in [-0.2, 0) is 6.42 Å². The third kappa shape index (κ3) is 3.76. The van der Waals surface area contributed by atoms with Crippen molar-refractivity contribution in [3.8, 4) is 0 Å². The van der Waals surface area contributed by atoms with Gasteiger partial charge in [0.05, 0.1) is 0 Å². The molecule has 1 rings (SSSR count). The fraction of sp³-hybridized carbons (Fsp3) is 0.545. The molecule has 0 aliphatic rings. The molecule has 1 aromatic heterocycles. The first-order valence-electron chi connectivity index (χ1n) is 5.90. The second-order valence-corrected chi connectivity index (χ2v) is 3.78. The second kappa shape index (κ2) is 6.63. The smallest absolute Gasteiger partial charge is 0.312 e. The lowest BCUT2D eigenvalue weighted by Crippen LogP contribution is -2.33. The average molecular weight is 252 g/mol. The zero-order valence-electron chi connectivity index (χ0n) is 11.0. The van der Waals surface area contributed by atoms with Crippen LogP contribution >= 0.6 is 0 Å². The van der Waals surface area contributed by atoms with Crippen LogP contribution in [0.15, 0.2) is 0 Å². The molecule has 100 valence electrons. The molecular formula is C11H20N6O. The maximum absolute atomic E-state index is 10.5. The highest BCUT2D eigenvalue weighted by Gasteiger charge is 2.08. The van der Waals surface area contributed by atoms with Crippen LogP contribution in [-0.4, -0.2) is 36.1 Å². The van der Waals surface area contributed by atoms with Crippen molar-refractivity contribution in [1.29, 1.82) is 0 Å². The van der Waals surface area contributed by atoms with Crippen LogP contribution in [0.4, 0.5) is 16.4 Å². The van der Waals surface area contributed by atoms with Crippen molar-refractivity contribution < 1.29 is 4.79 Å². The number of hydrogen-bond acceptors (Lipinski definition) is 5. The van der Waals surface area contributed by atoms with E-state index in [4.69, 9.17) is 5.73 Å². The predicted octanol–water partition coefficient (Wildman–Crippen LogP) is 0.469. The molecule has 0 aromatic carbocycles. The van der Waals surface area contributed by atoms with Gasteiger partial charge in [0.2, 0.25) is 0 Å². The SMILES string of the molecule is CCc1nc(NC)c(C)c(NCCNC(N)=O)n1. The summed E-state index contributed by atoms with van der Waals surface area (Å²) in [5, 5.41) is 8.70. The average Bonchev–Trinajstić information content (AvgIpc) is 2.36. The summed E-state index contributed by atoms with van der Waals surface area (Å²) in [6.45, 7) is 4.96. The summed E-state index contributed by atoms with van der Waals surface area (Å²) in [5.74, 6) is 2.36. The van der Waals surface area contributed by atoms with E-state index in [2.05, 4.69) is 25.9 Å². The van der Waals surface area contributed by atoms with E-state index in [1.165, 1.54) is 0 Å². The third-order valence-corrected chi connectivity index (χ3v) is 2.46. The molecule has 0 saturated carbocycles. The molecule has 0 bridgehead atoms. The summed E-state index contributed by atoms with van der Waals surface area (Å²) in [7, 11) is 1.83. The molecular weight excluding hydrogens is 232 g/mol. The maximum Gasteiger partial charge on any atom is 0.312 e. The van der Waals surface area contributed by atoms with Crippen molar-refractivity contribution in [2.24, 2.45) is 5.73 Å². The van der Waals surface area contributed by atoms with E-state index >= 15 is 0 Å². The quantitative estimate of drug-likeness (QED) is 0.551. The highest BCUT2D eigenvalue weighted by Crippen LogP contribution is 2.19. The number of primary amides is 1. The van der Waals surface area contributed by atoms with Crippen molar-refractivity contribution in [3.05, 3.63) is 11.4 Å². The summed E-state index contributed by atoms with van der Waals surface area (Å²) in [5.41, 5.74) is 5.93. The molecule has 0 aliphatic heterocycles. The fourth-order valence-electron chi connectivity index (χ4n) is 1.50. The molecule has 1 aromatic rings. The van der Waals surface area contributed by atoms with E-state index in [-0.39, 0.29) is 0 Å². The number of nitrogens with zero attached hydrogens (tertiary/aromatic N) is 2. The summed E-state index contributed by atoms with van der Waals surface area (Å²) >= 11 is 0. The van der Waals surface area contributed by atoms with Gasteiger partial charge in [0, 0.05) is 32.1 Å². The van der Waals surface area contributed by atoms with Gasteiger partial charge in [-0.25, -0.2) is 14.8 Å². The van der Waals surface area contributed by atoms with Gasteiger partial charge in [0.15, 0.2) is 0 Å². The van der Waals surface area contributed by atoms with Crippen LogP contribution < -0.4 is 21.7 Å². The molecule has 0 atom stereocenters. The minimum absolute atomic E-state index is 0.453. The number of carbonyl (C=O) groups is 1. The minimum Gasteiger partial charge on any atom is -0.373 e. The van der Waals surface area contributed by atoms with E-state index in [1.54, 1.807) is 0 Å². The maximum atomic E-state index is 10.5. The van der Waals surface area contributed by atoms with Crippen molar-refractivity contribution in [1.82, 2.24) is 15.3 Å². The third-order valence-electron chi connectivity index (χ3n) is 2.46. The van der Waals surface area contributed by atoms with Crippen LogP contribution in [0.3, 0.4) is 0 Å². The first-order chi connectivity index (χ1) is 8.58. The number of aryl methyl sites for hydroxylation is 1. The van der Waals surface area contributed by atoms with Crippen LogP contribution in [0.25, 0.3) is 0 Å². The number of aromatic nitrogens is 2. The molecule has 0 fully saturated rings. The normalized spacial score (nSPS) is 9.94. The van der Waals surface area contributed by atoms with Gasteiger partial charge in [0.1, 0.15) is 17.5 Å². The van der Waals surface area contributed by atoms with Crippen LogP contribution in [0.1, 0.15) is 18.3 Å². The number of hydrogen-bond donors (Lipinski definition) is 4. The lowest BCUT2D eigenvalue weighted by atomic mass is 10.3. The number of rotatable bonds is 6. The molecule has 0 radical (unpaired) electrons. The van der Waals surface area contributed by atoms with Gasteiger partial charge in [-0.15, -0.1) is 0 Å². The number of nitrogens with one attached hydrogen (secondary N) is 3. The Bertz CT molecular complexity index is 420. The predicted molar refractivity (Wildman–Crippen MR) is 71.8 cm³/mol. The highest BCUT2D eigenvalue weighted by atomic mass is 16.2. The summed E-state index contributed by atoms with van der Waals surface area (Å²) in [6, 6.07) is -0.527. The van der Waals surface area contributed by atoms with Crippen molar-refractivity contribution >= 4 is 17.7 Å². The van der Waals surface area contributed by atoms with E-state index in [1.807, 2.05) is 20.9 Å². The topological polar surface area (TPSA) is 105 Å². The van der Waals surface area contributed by atoms with E-state index < -0.39 is 6.03 Å². The Morgan fingerprint density at radius 3 is 2.50 bits per heavy atom. The standard InChI is InChI=1S/C11H20N6O/c1-4-8-16-9(13-3)7(2)10(17-8)14-5-6-15-11(12)18/h4-6H2,1-3H3,(H3,12,15,18)(H2,13,14,16,17). The number of carbonyl (C=O) groups excluding carboxylic acids is 1. The Labute approximate surface area is 107 Å². The summed E-state index contributed by atoms with van der Waals surface area (Å²) < 4.78 is 0. The van der Waals surface area contributed by atoms with Gasteiger partial charge in [-0.1, -0.05) is 6.92 Å². The van der Waals surface area contributed by atoms with E-state index in [0.29, 0.717) is 13.1 Å². The number of anilines is 2. The molecule has 2 amide bonds. The Morgan fingerprint density at radius 2 is 1.94 bits per heavy atom. The molecule has 1 heterocycles. The largest absolute Gasteiger partial charge is 0.373 e. The number of amides is 2. The van der Waals surface area contributed by atoms with Gasteiger partial charge >= 0.3 is 6.03 Å². The van der Waals surface area contributed by atoms with Crippen LogP contribution in [0, 0.1) is 6.92 Å². The molecule has 7 heteroatoms. The zero-order valence-corrected chi connectivity index (χ0v) is 11.0. The monoisotopic (exact) mass is 252 g/mol. The van der Waals surface area contributed by atoms with Gasteiger partial charge in [-0.2, -0.15) is 0 Å². The Hall–Kier alpha value is -2.05. The van der Waals surface area contributed by atoms with Crippen LogP contribution in [0.2, 0.25) is 0 Å². The van der Waals surface area contributed by atoms with Crippen LogP contribution in [0.5, 0.6) is 0 Å². The first kappa shape index (κ1) is 14.0. The highest BCUT2D eigenvalue weighted by molar-refractivity contribution is 5.71. The van der Waals surface area contributed by atoms with Gasteiger partial charge in [0.25, 0.3) is 0 Å². The minimum atomic E-state index is -0.527. The fourth-order valence-corrected chi connectivity index (χ4v) is 1.50. The Kier molecular flexibility index (Phi) is 5.16. The first-order valence-corrected chi connectivity index (χ1v) is 5.90. The van der Waals surface area contributed by atoms with Gasteiger partial charge in [-0.05, 0) is 6.92 Å². The van der Waals surface area contributed by atoms with Crippen molar-refractivity contribution in [2.75, 3.05) is 30.8 Å². The second-order valence-electron chi connectivity index (χ2n) is 3.78. The summed E-state index contributed by atoms with van der Waals surface area (Å²) in [6.07, 6.45) is 0.767. The zero-order chi connectivity index (χ0) is 13.5. The number of nitrogens with two attached hydrogens (primary N) is 1.